The molecule has 0 aromatic heterocycles. The van der Waals surface area contributed by atoms with Crippen molar-refractivity contribution in [2.24, 2.45) is 0 Å². The average Bonchev–Trinajstić information content (AvgIpc) is 2.93. The van der Waals surface area contributed by atoms with Gasteiger partial charge in [-0.1, -0.05) is 19.8 Å². The molecule has 1 unspecified atom stereocenters. The van der Waals surface area contributed by atoms with E-state index in [2.05, 4.69) is 11.8 Å². The molecule has 196 valence electrons. The highest BCUT2D eigenvalue weighted by Crippen LogP contribution is 2.43. The number of halogens is 1. The smallest absolute Gasteiger partial charge is 0.368 e. The standard InChI is InChI=1S/C24H35FN2O6S2/c1-5-6-7-17-14-27(16-8-10-18(32-3)11-9-16)20-12-22(34-4)21(33-15-19(25)24(28)29)13-23(20)35(30,31)26(17)2/h12-13,15-18H,5-11,14H2,1-4H3,(H,28,29)/b19-15-. The van der Waals surface area contributed by atoms with Crippen molar-refractivity contribution in [1.29, 1.82) is 0 Å². The van der Waals surface area contributed by atoms with Crippen molar-refractivity contribution in [3.05, 3.63) is 24.2 Å². The molecule has 0 radical (unpaired) electrons. The molecule has 0 spiro atoms. The number of hydrogen-bond donors (Lipinski definition) is 1. The first-order valence-corrected chi connectivity index (χ1v) is 14.6. The zero-order valence-electron chi connectivity index (χ0n) is 20.7. The molecule has 1 aromatic carbocycles. The molecule has 1 saturated carbocycles. The van der Waals surface area contributed by atoms with Gasteiger partial charge in [0, 0.05) is 38.9 Å². The third-order valence-electron chi connectivity index (χ3n) is 6.94. The van der Waals surface area contributed by atoms with Gasteiger partial charge in [0.2, 0.25) is 15.9 Å². The van der Waals surface area contributed by atoms with Gasteiger partial charge in [-0.3, -0.25) is 0 Å². The molecular weight excluding hydrogens is 495 g/mol. The minimum atomic E-state index is -3.88. The van der Waals surface area contributed by atoms with Crippen LogP contribution >= 0.6 is 11.8 Å². The predicted octanol–water partition coefficient (Wildman–Crippen LogP) is 4.64. The first-order chi connectivity index (χ1) is 16.6. The monoisotopic (exact) mass is 530 g/mol. The molecule has 1 N–H and O–H groups in total. The Bertz CT molecular complexity index is 1040. The number of sulfonamides is 1. The third kappa shape index (κ3) is 6.12. The summed E-state index contributed by atoms with van der Waals surface area (Å²) in [6.07, 6.45) is 8.73. The summed E-state index contributed by atoms with van der Waals surface area (Å²) in [5.41, 5.74) is 0.608. The van der Waals surface area contributed by atoms with Crippen molar-refractivity contribution in [2.75, 3.05) is 31.9 Å². The van der Waals surface area contributed by atoms with E-state index in [1.165, 1.54) is 22.1 Å². The van der Waals surface area contributed by atoms with E-state index in [0.29, 0.717) is 23.4 Å². The van der Waals surface area contributed by atoms with Gasteiger partial charge in [0.15, 0.2) is 0 Å². The summed E-state index contributed by atoms with van der Waals surface area (Å²) in [5, 5.41) is 8.80. The number of carboxylic acid groups (broad SMARTS) is 1. The van der Waals surface area contributed by atoms with Gasteiger partial charge in [0.1, 0.15) is 16.9 Å². The lowest BCUT2D eigenvalue weighted by Crippen LogP contribution is -2.46. The van der Waals surface area contributed by atoms with Crippen LogP contribution in [0.2, 0.25) is 0 Å². The van der Waals surface area contributed by atoms with Crippen LogP contribution in [0.3, 0.4) is 0 Å². The Labute approximate surface area is 211 Å². The lowest BCUT2D eigenvalue weighted by atomic mass is 9.91. The number of thioether (sulfide) groups is 1. The minimum absolute atomic E-state index is 0.0878. The Kier molecular flexibility index (Phi) is 9.47. The highest BCUT2D eigenvalue weighted by atomic mass is 32.2. The molecule has 1 aliphatic heterocycles. The molecule has 1 fully saturated rings. The number of nitrogens with zero attached hydrogens (tertiary/aromatic N) is 2. The van der Waals surface area contributed by atoms with Crippen molar-refractivity contribution in [3.63, 3.8) is 0 Å². The Balaban J connectivity index is 2.11. The van der Waals surface area contributed by atoms with Crippen molar-refractivity contribution in [3.8, 4) is 5.75 Å². The summed E-state index contributed by atoms with van der Waals surface area (Å²) >= 11 is 1.32. The molecule has 1 aromatic rings. The molecule has 8 nitrogen and oxygen atoms in total. The molecule has 2 aliphatic rings. The number of rotatable bonds is 9. The largest absolute Gasteiger partial charge is 0.476 e. The number of carboxylic acids is 1. The van der Waals surface area contributed by atoms with Gasteiger partial charge < -0.3 is 19.5 Å². The highest BCUT2D eigenvalue weighted by molar-refractivity contribution is 7.98. The van der Waals surface area contributed by atoms with Gasteiger partial charge in [0.25, 0.3) is 0 Å². The fraction of sp³-hybridized carbons (Fsp3) is 0.625. The van der Waals surface area contributed by atoms with Crippen LogP contribution in [0.1, 0.15) is 51.9 Å². The molecule has 1 heterocycles. The van der Waals surface area contributed by atoms with Crippen LogP contribution in [0.5, 0.6) is 5.75 Å². The van der Waals surface area contributed by atoms with E-state index in [-0.39, 0.29) is 28.8 Å². The SMILES string of the molecule is CCCCC1CN(C2CCC(OC)CC2)c2cc(SC)c(O/C=C(\F)C(=O)O)cc2S(=O)(=O)N1C. The summed E-state index contributed by atoms with van der Waals surface area (Å²) in [4.78, 5) is 13.7. The third-order valence-corrected chi connectivity index (χ3v) is 9.63. The summed E-state index contributed by atoms with van der Waals surface area (Å²) in [6, 6.07) is 3.14. The maximum atomic E-state index is 13.8. The number of likely N-dealkylation sites (N-methyl/N-ethyl adjacent to an activating group) is 1. The van der Waals surface area contributed by atoms with E-state index in [9.17, 15) is 17.6 Å². The van der Waals surface area contributed by atoms with Gasteiger partial charge in [-0.05, 0) is 44.4 Å². The normalized spacial score (nSPS) is 25.1. The fourth-order valence-electron chi connectivity index (χ4n) is 4.82. The van der Waals surface area contributed by atoms with Gasteiger partial charge in [0.05, 0.1) is 16.7 Å². The number of fused-ring (bicyclic) bond motifs is 1. The maximum absolute atomic E-state index is 13.8. The van der Waals surface area contributed by atoms with Crippen LogP contribution in [0.15, 0.2) is 34.0 Å². The second-order valence-electron chi connectivity index (χ2n) is 9.00. The number of carbonyl (C=O) groups is 1. The molecule has 3 rings (SSSR count). The fourth-order valence-corrected chi connectivity index (χ4v) is 6.93. The summed E-state index contributed by atoms with van der Waals surface area (Å²) in [6.45, 7) is 2.66. The molecule has 0 saturated heterocycles. The summed E-state index contributed by atoms with van der Waals surface area (Å²) < 4.78 is 53.4. The van der Waals surface area contributed by atoms with Crippen molar-refractivity contribution < 1.29 is 32.2 Å². The Morgan fingerprint density at radius 3 is 2.54 bits per heavy atom. The second kappa shape index (κ2) is 11.9. The number of hydrogen-bond acceptors (Lipinski definition) is 7. The van der Waals surface area contributed by atoms with Gasteiger partial charge in [-0.2, -0.15) is 8.70 Å². The number of aliphatic carboxylic acids is 1. The number of benzene rings is 1. The maximum Gasteiger partial charge on any atom is 0.368 e. The summed E-state index contributed by atoms with van der Waals surface area (Å²) in [7, 11) is -0.546. The zero-order chi connectivity index (χ0) is 25.8. The van der Waals surface area contributed by atoms with Gasteiger partial charge >= 0.3 is 5.97 Å². The second-order valence-corrected chi connectivity index (χ2v) is 11.8. The molecule has 11 heteroatoms. The topological polar surface area (TPSA) is 96.4 Å². The van der Waals surface area contributed by atoms with Crippen molar-refractivity contribution in [2.45, 2.75) is 79.8 Å². The Hall–Kier alpha value is -1.82. The van der Waals surface area contributed by atoms with Gasteiger partial charge in [-0.15, -0.1) is 11.8 Å². The number of methoxy groups -OCH3 is 1. The lowest BCUT2D eigenvalue weighted by molar-refractivity contribution is -0.134. The summed E-state index contributed by atoms with van der Waals surface area (Å²) in [5.74, 6) is -3.13. The van der Waals surface area contributed by atoms with Crippen LogP contribution in [0, 0.1) is 0 Å². The van der Waals surface area contributed by atoms with E-state index >= 15 is 0 Å². The quantitative estimate of drug-likeness (QED) is 0.280. The molecule has 1 aliphatic carbocycles. The first-order valence-electron chi connectivity index (χ1n) is 11.9. The van der Waals surface area contributed by atoms with Crippen molar-refractivity contribution in [1.82, 2.24) is 4.31 Å². The minimum Gasteiger partial charge on any atom is -0.476 e. The van der Waals surface area contributed by atoms with Gasteiger partial charge in [-0.25, -0.2) is 13.2 Å². The van der Waals surface area contributed by atoms with Crippen LogP contribution in [-0.2, 0) is 19.6 Å². The molecule has 0 amide bonds. The zero-order valence-corrected chi connectivity index (χ0v) is 22.3. The highest BCUT2D eigenvalue weighted by Gasteiger charge is 2.40. The number of anilines is 1. The molecule has 35 heavy (non-hydrogen) atoms. The lowest BCUT2D eigenvalue weighted by Gasteiger charge is -2.39. The van der Waals surface area contributed by atoms with E-state index < -0.39 is 21.8 Å². The van der Waals surface area contributed by atoms with E-state index in [1.54, 1.807) is 26.5 Å². The van der Waals surface area contributed by atoms with Crippen LogP contribution in [0.25, 0.3) is 0 Å². The molecular formula is C24H35FN2O6S2. The first kappa shape index (κ1) is 27.8. The van der Waals surface area contributed by atoms with E-state index in [1.807, 2.05) is 0 Å². The van der Waals surface area contributed by atoms with Crippen LogP contribution in [-0.4, -0.2) is 68.9 Å². The van der Waals surface area contributed by atoms with E-state index in [0.717, 1.165) is 44.9 Å². The van der Waals surface area contributed by atoms with Crippen LogP contribution in [0.4, 0.5) is 10.1 Å². The van der Waals surface area contributed by atoms with Crippen LogP contribution < -0.4 is 9.64 Å². The number of ether oxygens (including phenoxy) is 2. The predicted molar refractivity (Wildman–Crippen MR) is 134 cm³/mol. The Morgan fingerprint density at radius 2 is 1.97 bits per heavy atom. The molecule has 1 atom stereocenters. The Morgan fingerprint density at radius 1 is 1.29 bits per heavy atom. The van der Waals surface area contributed by atoms with E-state index in [4.69, 9.17) is 14.6 Å². The average molecular weight is 531 g/mol. The molecule has 0 bridgehead atoms. The number of unbranched alkanes of at least 4 members (excludes halogenated alkanes) is 1. The van der Waals surface area contributed by atoms with Crippen molar-refractivity contribution >= 4 is 33.4 Å².